The van der Waals surface area contributed by atoms with Crippen molar-refractivity contribution in [3.8, 4) is 0 Å². The highest BCUT2D eigenvalue weighted by Gasteiger charge is 2.44. The van der Waals surface area contributed by atoms with E-state index in [9.17, 15) is 5.11 Å². The highest BCUT2D eigenvalue weighted by atomic mass is 16.3. The van der Waals surface area contributed by atoms with Gasteiger partial charge in [-0.3, -0.25) is 4.90 Å². The van der Waals surface area contributed by atoms with E-state index in [-0.39, 0.29) is 12.1 Å². The number of nitrogens with zero attached hydrogens (tertiary/aromatic N) is 4. The van der Waals surface area contributed by atoms with Crippen molar-refractivity contribution in [3.63, 3.8) is 0 Å². The van der Waals surface area contributed by atoms with Gasteiger partial charge in [-0.2, -0.15) is 0 Å². The molecule has 4 rings (SSSR count). The Labute approximate surface area is 139 Å². The first kappa shape index (κ1) is 15.6. The molecule has 2 aliphatic heterocycles. The van der Waals surface area contributed by atoms with Crippen LogP contribution < -0.4 is 0 Å². The highest BCUT2D eigenvalue weighted by molar-refractivity contribution is 5.01. The van der Waals surface area contributed by atoms with Crippen LogP contribution in [0.4, 0.5) is 0 Å². The van der Waals surface area contributed by atoms with E-state index in [1.807, 2.05) is 19.3 Å². The standard InChI is InChI=1S/C18H30N4O/c1-13-19-5-8-22(13)17-9-14-11-21(12-15(14)10-18(17)23)16-3-6-20(2)7-4-16/h5,8,14-18,23H,3-4,6-7,9-12H2,1-2H3/t14-,15+,17-,18-/m0/s1. The number of hydrogen-bond acceptors (Lipinski definition) is 4. The van der Waals surface area contributed by atoms with E-state index in [0.717, 1.165) is 30.6 Å². The molecule has 1 saturated carbocycles. The van der Waals surface area contributed by atoms with Crippen molar-refractivity contribution in [1.29, 1.82) is 0 Å². The molecule has 0 amide bonds. The molecular formula is C18H30N4O. The Kier molecular flexibility index (Phi) is 4.20. The molecule has 0 spiro atoms. The molecule has 4 atom stereocenters. The number of aliphatic hydroxyl groups excluding tert-OH is 1. The molecule has 1 N–H and O–H groups in total. The van der Waals surface area contributed by atoms with Crippen LogP contribution >= 0.6 is 0 Å². The number of aromatic nitrogens is 2. The summed E-state index contributed by atoms with van der Waals surface area (Å²) in [5.41, 5.74) is 0. The molecule has 3 heterocycles. The smallest absolute Gasteiger partial charge is 0.105 e. The lowest BCUT2D eigenvalue weighted by molar-refractivity contribution is 0.0349. The molecule has 0 unspecified atom stereocenters. The van der Waals surface area contributed by atoms with Crippen molar-refractivity contribution in [3.05, 3.63) is 18.2 Å². The minimum Gasteiger partial charge on any atom is -0.391 e. The lowest BCUT2D eigenvalue weighted by Gasteiger charge is -2.36. The maximum Gasteiger partial charge on any atom is 0.105 e. The molecule has 5 nitrogen and oxygen atoms in total. The third-order valence-electron chi connectivity index (χ3n) is 6.56. The van der Waals surface area contributed by atoms with E-state index in [0.29, 0.717) is 5.92 Å². The average molecular weight is 318 g/mol. The van der Waals surface area contributed by atoms with Crippen LogP contribution in [-0.4, -0.2) is 69.8 Å². The summed E-state index contributed by atoms with van der Waals surface area (Å²) in [6.45, 7) is 6.94. The SMILES string of the molecule is Cc1nccn1[C@H]1C[C@H]2CN(C3CCN(C)CC3)C[C@H]2C[C@@H]1O. The van der Waals surface area contributed by atoms with Gasteiger partial charge >= 0.3 is 0 Å². The summed E-state index contributed by atoms with van der Waals surface area (Å²) in [4.78, 5) is 9.52. The monoisotopic (exact) mass is 318 g/mol. The van der Waals surface area contributed by atoms with Gasteiger partial charge in [-0.25, -0.2) is 4.98 Å². The average Bonchev–Trinajstić information content (AvgIpc) is 3.13. The molecule has 1 aliphatic carbocycles. The summed E-state index contributed by atoms with van der Waals surface area (Å²) in [5, 5.41) is 10.7. The summed E-state index contributed by atoms with van der Waals surface area (Å²) in [6.07, 6.45) is 8.34. The van der Waals surface area contributed by atoms with Crippen LogP contribution in [0.25, 0.3) is 0 Å². The number of imidazole rings is 1. The van der Waals surface area contributed by atoms with Gasteiger partial charge in [0.25, 0.3) is 0 Å². The molecule has 0 bridgehead atoms. The summed E-state index contributed by atoms with van der Waals surface area (Å²) in [6, 6.07) is 0.985. The number of likely N-dealkylation sites (tertiary alicyclic amines) is 2. The highest BCUT2D eigenvalue weighted by Crippen LogP contribution is 2.42. The van der Waals surface area contributed by atoms with Crippen LogP contribution in [0.5, 0.6) is 0 Å². The van der Waals surface area contributed by atoms with Crippen LogP contribution in [0.3, 0.4) is 0 Å². The Hall–Kier alpha value is -0.910. The quantitative estimate of drug-likeness (QED) is 0.898. The zero-order valence-corrected chi connectivity index (χ0v) is 14.4. The summed E-state index contributed by atoms with van der Waals surface area (Å²) < 4.78 is 2.19. The molecule has 5 heteroatoms. The van der Waals surface area contributed by atoms with Crippen LogP contribution in [0, 0.1) is 18.8 Å². The number of rotatable bonds is 2. The fourth-order valence-corrected chi connectivity index (χ4v) is 5.14. The Balaban J connectivity index is 1.43. The first-order valence-corrected chi connectivity index (χ1v) is 9.22. The zero-order valence-electron chi connectivity index (χ0n) is 14.4. The number of aryl methyl sites for hydroxylation is 1. The summed E-state index contributed by atoms with van der Waals surface area (Å²) >= 11 is 0. The lowest BCUT2D eigenvalue weighted by Crippen LogP contribution is -2.42. The summed E-state index contributed by atoms with van der Waals surface area (Å²) in [7, 11) is 2.23. The molecular weight excluding hydrogens is 288 g/mol. The van der Waals surface area contributed by atoms with Crippen molar-refractivity contribution in [2.75, 3.05) is 33.2 Å². The van der Waals surface area contributed by atoms with Gasteiger partial charge in [-0.15, -0.1) is 0 Å². The van der Waals surface area contributed by atoms with Gasteiger partial charge in [0.15, 0.2) is 0 Å². The van der Waals surface area contributed by atoms with E-state index in [1.165, 1.54) is 39.0 Å². The maximum atomic E-state index is 10.7. The van der Waals surface area contributed by atoms with Gasteiger partial charge in [0.1, 0.15) is 5.82 Å². The molecule has 0 radical (unpaired) electrons. The third kappa shape index (κ3) is 2.94. The van der Waals surface area contributed by atoms with Crippen molar-refractivity contribution in [2.45, 2.75) is 50.8 Å². The second kappa shape index (κ2) is 6.19. The molecule has 2 saturated heterocycles. The van der Waals surface area contributed by atoms with Crippen LogP contribution in [0.1, 0.15) is 37.5 Å². The van der Waals surface area contributed by atoms with E-state index < -0.39 is 0 Å². The van der Waals surface area contributed by atoms with Gasteiger partial charge in [0.05, 0.1) is 12.1 Å². The fraction of sp³-hybridized carbons (Fsp3) is 0.833. The molecule has 1 aromatic heterocycles. The van der Waals surface area contributed by atoms with Crippen LogP contribution in [-0.2, 0) is 0 Å². The molecule has 3 aliphatic rings. The second-order valence-corrected chi connectivity index (χ2v) is 8.00. The minimum atomic E-state index is -0.221. The summed E-state index contributed by atoms with van der Waals surface area (Å²) in [5.74, 6) is 2.45. The van der Waals surface area contributed by atoms with Crippen LogP contribution in [0.2, 0.25) is 0 Å². The van der Waals surface area contributed by atoms with Gasteiger partial charge in [-0.1, -0.05) is 0 Å². The number of hydrogen-bond donors (Lipinski definition) is 1. The molecule has 128 valence electrons. The maximum absolute atomic E-state index is 10.7. The predicted octanol–water partition coefficient (Wildman–Crippen LogP) is 1.53. The topological polar surface area (TPSA) is 44.5 Å². The molecule has 0 aromatic carbocycles. The number of fused-ring (bicyclic) bond motifs is 1. The Bertz CT molecular complexity index is 537. The zero-order chi connectivity index (χ0) is 16.0. The van der Waals surface area contributed by atoms with Crippen molar-refractivity contribution < 1.29 is 5.11 Å². The van der Waals surface area contributed by atoms with E-state index in [4.69, 9.17) is 0 Å². The minimum absolute atomic E-state index is 0.219. The fourth-order valence-electron chi connectivity index (χ4n) is 5.14. The van der Waals surface area contributed by atoms with E-state index in [2.05, 4.69) is 26.4 Å². The van der Waals surface area contributed by atoms with E-state index >= 15 is 0 Å². The van der Waals surface area contributed by atoms with Gasteiger partial charge < -0.3 is 14.6 Å². The van der Waals surface area contributed by atoms with Gasteiger partial charge in [-0.05, 0) is 64.6 Å². The molecule has 23 heavy (non-hydrogen) atoms. The van der Waals surface area contributed by atoms with Gasteiger partial charge in [0, 0.05) is 31.5 Å². The normalized spacial score (nSPS) is 37.2. The van der Waals surface area contributed by atoms with Crippen molar-refractivity contribution in [1.82, 2.24) is 19.4 Å². The number of aliphatic hydroxyl groups is 1. The molecule has 3 fully saturated rings. The Morgan fingerprint density at radius 2 is 1.83 bits per heavy atom. The molecule has 1 aromatic rings. The largest absolute Gasteiger partial charge is 0.391 e. The second-order valence-electron chi connectivity index (χ2n) is 8.00. The van der Waals surface area contributed by atoms with Gasteiger partial charge in [0.2, 0.25) is 0 Å². The first-order valence-electron chi connectivity index (χ1n) is 9.22. The van der Waals surface area contributed by atoms with E-state index in [1.54, 1.807) is 0 Å². The Morgan fingerprint density at radius 3 is 2.48 bits per heavy atom. The first-order chi connectivity index (χ1) is 11.1. The third-order valence-corrected chi connectivity index (χ3v) is 6.56. The Morgan fingerprint density at radius 1 is 1.13 bits per heavy atom. The lowest BCUT2D eigenvalue weighted by atomic mass is 9.77. The number of piperidine rings is 1. The van der Waals surface area contributed by atoms with Crippen LogP contribution in [0.15, 0.2) is 12.4 Å². The van der Waals surface area contributed by atoms with Crippen molar-refractivity contribution >= 4 is 0 Å². The predicted molar refractivity (Wildman–Crippen MR) is 90.3 cm³/mol. The van der Waals surface area contributed by atoms with Crippen molar-refractivity contribution in [2.24, 2.45) is 11.8 Å².